The molecule has 0 radical (unpaired) electrons. The molecule has 0 atom stereocenters. The first-order valence-corrected chi connectivity index (χ1v) is 10.3. The molecule has 0 aliphatic heterocycles. The predicted octanol–water partition coefficient (Wildman–Crippen LogP) is 5.68. The molecule has 1 heterocycles. The molecule has 6 nitrogen and oxygen atoms in total. The third kappa shape index (κ3) is 4.98. The molecule has 0 fully saturated rings. The van der Waals surface area contributed by atoms with Crippen molar-refractivity contribution in [3.63, 3.8) is 0 Å². The number of aromatic nitrogens is 2. The van der Waals surface area contributed by atoms with E-state index in [9.17, 15) is 0 Å². The molecule has 0 amide bonds. The second-order valence-electron chi connectivity index (χ2n) is 6.58. The third-order valence-electron chi connectivity index (χ3n) is 4.60. The Morgan fingerprint density at radius 1 is 1.03 bits per heavy atom. The van der Waals surface area contributed by atoms with E-state index in [4.69, 9.17) is 44.9 Å². The molecular weight excluding hydrogens is 443 g/mol. The fraction of sp³-hybridized carbons (Fsp3) is 0.238. The van der Waals surface area contributed by atoms with Crippen LogP contribution in [0.15, 0.2) is 36.4 Å². The van der Waals surface area contributed by atoms with E-state index in [-0.39, 0.29) is 0 Å². The molecule has 3 aromatic rings. The summed E-state index contributed by atoms with van der Waals surface area (Å²) in [6.07, 6.45) is 0. The van der Waals surface area contributed by atoms with Gasteiger partial charge in [-0.25, -0.2) is 0 Å². The largest absolute Gasteiger partial charge is 0.497 e. The van der Waals surface area contributed by atoms with Crippen molar-refractivity contribution in [1.29, 1.82) is 0 Å². The minimum Gasteiger partial charge on any atom is -0.497 e. The zero-order chi connectivity index (χ0) is 21.8. The number of nitrogens with one attached hydrogen (secondary N) is 2. The van der Waals surface area contributed by atoms with E-state index >= 15 is 0 Å². The fourth-order valence-corrected chi connectivity index (χ4v) is 3.76. The molecular formula is C21H22Cl2N4O2S. The van der Waals surface area contributed by atoms with Gasteiger partial charge in [-0.2, -0.15) is 5.10 Å². The predicted molar refractivity (Wildman–Crippen MR) is 127 cm³/mol. The van der Waals surface area contributed by atoms with E-state index in [2.05, 4.69) is 15.7 Å². The lowest BCUT2D eigenvalue weighted by Gasteiger charge is -2.13. The topological polar surface area (TPSA) is 60.3 Å². The van der Waals surface area contributed by atoms with E-state index in [1.165, 1.54) is 0 Å². The molecule has 0 aliphatic carbocycles. The summed E-state index contributed by atoms with van der Waals surface area (Å²) < 4.78 is 12.4. The highest BCUT2D eigenvalue weighted by Gasteiger charge is 2.15. The van der Waals surface area contributed by atoms with Crippen molar-refractivity contribution in [1.82, 2.24) is 9.78 Å². The quantitative estimate of drug-likeness (QED) is 0.457. The van der Waals surface area contributed by atoms with E-state index in [0.29, 0.717) is 33.2 Å². The van der Waals surface area contributed by atoms with Crippen molar-refractivity contribution in [3.05, 3.63) is 63.4 Å². The van der Waals surface area contributed by atoms with Crippen LogP contribution in [0.25, 0.3) is 0 Å². The van der Waals surface area contributed by atoms with Crippen LogP contribution in [0, 0.1) is 13.8 Å². The van der Waals surface area contributed by atoms with Gasteiger partial charge in [0.25, 0.3) is 0 Å². The maximum Gasteiger partial charge on any atom is 0.175 e. The minimum atomic E-state index is 0.423. The molecule has 0 saturated heterocycles. The number of methoxy groups -OCH3 is 2. The number of hydrogen-bond acceptors (Lipinski definition) is 4. The van der Waals surface area contributed by atoms with Crippen LogP contribution < -0.4 is 20.1 Å². The lowest BCUT2D eigenvalue weighted by Crippen LogP contribution is -2.20. The van der Waals surface area contributed by atoms with E-state index in [1.807, 2.05) is 48.9 Å². The molecule has 30 heavy (non-hydrogen) atoms. The standard InChI is InChI=1S/C21H22Cl2N4O2S/c1-12-20(13(2)27(26-12)11-17-18(22)6-5-7-19(17)23)25-21(30)24-14-8-15(28-3)10-16(9-14)29-4/h5-10H,11H2,1-4H3,(H2,24,25,30). The summed E-state index contributed by atoms with van der Waals surface area (Å²) in [6.45, 7) is 4.33. The van der Waals surface area contributed by atoms with Gasteiger partial charge in [0.1, 0.15) is 11.5 Å². The summed E-state index contributed by atoms with van der Waals surface area (Å²) in [4.78, 5) is 0. The van der Waals surface area contributed by atoms with Gasteiger partial charge in [0.15, 0.2) is 5.11 Å². The first-order valence-electron chi connectivity index (χ1n) is 9.10. The number of hydrogen-bond donors (Lipinski definition) is 2. The Balaban J connectivity index is 1.78. The Bertz CT molecular complexity index is 1040. The van der Waals surface area contributed by atoms with Crippen LogP contribution in [0.5, 0.6) is 11.5 Å². The highest BCUT2D eigenvalue weighted by Crippen LogP contribution is 2.28. The van der Waals surface area contributed by atoms with Crippen LogP contribution in [0.2, 0.25) is 10.0 Å². The number of rotatable bonds is 6. The van der Waals surface area contributed by atoms with Crippen LogP contribution in [0.3, 0.4) is 0 Å². The number of ether oxygens (including phenoxy) is 2. The van der Waals surface area contributed by atoms with Gasteiger partial charge >= 0.3 is 0 Å². The number of anilines is 2. The summed E-state index contributed by atoms with van der Waals surface area (Å²) >= 11 is 18.1. The molecule has 3 rings (SSSR count). The Morgan fingerprint density at radius 2 is 1.63 bits per heavy atom. The van der Waals surface area contributed by atoms with Crippen LogP contribution in [-0.2, 0) is 6.54 Å². The highest BCUT2D eigenvalue weighted by atomic mass is 35.5. The molecule has 0 bridgehead atoms. The van der Waals surface area contributed by atoms with Crippen molar-refractivity contribution in [3.8, 4) is 11.5 Å². The average molecular weight is 465 g/mol. The minimum absolute atomic E-state index is 0.423. The summed E-state index contributed by atoms with van der Waals surface area (Å²) in [7, 11) is 3.20. The Morgan fingerprint density at radius 3 is 2.20 bits per heavy atom. The van der Waals surface area contributed by atoms with Crippen molar-refractivity contribution < 1.29 is 9.47 Å². The second-order valence-corrected chi connectivity index (χ2v) is 7.81. The summed E-state index contributed by atoms with van der Waals surface area (Å²) in [5, 5.41) is 12.6. The first-order chi connectivity index (χ1) is 14.3. The third-order valence-corrected chi connectivity index (χ3v) is 5.51. The fourth-order valence-electron chi connectivity index (χ4n) is 3.02. The molecule has 0 unspecified atom stereocenters. The zero-order valence-electron chi connectivity index (χ0n) is 17.0. The van der Waals surface area contributed by atoms with E-state index in [0.717, 1.165) is 28.3 Å². The summed E-state index contributed by atoms with van der Waals surface area (Å²) in [5.74, 6) is 1.33. The van der Waals surface area contributed by atoms with Crippen LogP contribution in [0.1, 0.15) is 17.0 Å². The molecule has 0 saturated carbocycles. The number of benzene rings is 2. The molecule has 0 aliphatic rings. The lowest BCUT2D eigenvalue weighted by molar-refractivity contribution is 0.395. The SMILES string of the molecule is COc1cc(NC(=S)Nc2c(C)nn(Cc3c(Cl)cccc3Cl)c2C)cc(OC)c1. The van der Waals surface area contributed by atoms with Gasteiger partial charge in [-0.3, -0.25) is 4.68 Å². The number of aryl methyl sites for hydroxylation is 1. The van der Waals surface area contributed by atoms with Gasteiger partial charge in [-0.05, 0) is 38.2 Å². The Labute approximate surface area is 191 Å². The smallest absolute Gasteiger partial charge is 0.175 e. The van der Waals surface area contributed by atoms with Gasteiger partial charge in [0.2, 0.25) is 0 Å². The second kappa shape index (κ2) is 9.55. The molecule has 158 valence electrons. The van der Waals surface area contributed by atoms with Crippen LogP contribution in [-0.4, -0.2) is 29.1 Å². The molecule has 0 spiro atoms. The highest BCUT2D eigenvalue weighted by molar-refractivity contribution is 7.80. The number of halogens is 2. The van der Waals surface area contributed by atoms with Gasteiger partial charge in [-0.15, -0.1) is 0 Å². The molecule has 9 heteroatoms. The number of nitrogens with zero attached hydrogens (tertiary/aromatic N) is 2. The van der Waals surface area contributed by atoms with Gasteiger partial charge < -0.3 is 20.1 Å². The van der Waals surface area contributed by atoms with Crippen molar-refractivity contribution >= 4 is 51.9 Å². The van der Waals surface area contributed by atoms with Crippen LogP contribution >= 0.6 is 35.4 Å². The Hall–Kier alpha value is -2.48. The Kier molecular flexibility index (Phi) is 7.07. The maximum absolute atomic E-state index is 6.31. The summed E-state index contributed by atoms with van der Waals surface area (Å²) in [5.41, 5.74) is 4.11. The van der Waals surface area contributed by atoms with Gasteiger partial charge in [0, 0.05) is 39.5 Å². The zero-order valence-corrected chi connectivity index (χ0v) is 19.4. The van der Waals surface area contributed by atoms with Crippen molar-refractivity contribution in [2.75, 3.05) is 24.9 Å². The molecule has 2 aromatic carbocycles. The monoisotopic (exact) mass is 464 g/mol. The van der Waals surface area contributed by atoms with Gasteiger partial charge in [-0.1, -0.05) is 29.3 Å². The van der Waals surface area contributed by atoms with E-state index < -0.39 is 0 Å². The first kappa shape index (κ1) is 22.2. The van der Waals surface area contributed by atoms with E-state index in [1.54, 1.807) is 20.3 Å². The number of thiocarbonyl (C=S) groups is 1. The summed E-state index contributed by atoms with van der Waals surface area (Å²) in [6, 6.07) is 10.9. The normalized spacial score (nSPS) is 10.6. The molecule has 2 N–H and O–H groups in total. The van der Waals surface area contributed by atoms with Crippen molar-refractivity contribution in [2.24, 2.45) is 0 Å². The lowest BCUT2D eigenvalue weighted by atomic mass is 10.2. The average Bonchev–Trinajstić information content (AvgIpc) is 2.97. The van der Waals surface area contributed by atoms with Gasteiger partial charge in [0.05, 0.1) is 37.8 Å². The molecule has 1 aromatic heterocycles. The van der Waals surface area contributed by atoms with Crippen LogP contribution in [0.4, 0.5) is 11.4 Å². The van der Waals surface area contributed by atoms with Crippen molar-refractivity contribution in [2.45, 2.75) is 20.4 Å². The maximum atomic E-state index is 6.31.